The summed E-state index contributed by atoms with van der Waals surface area (Å²) in [4.78, 5) is 16.8. The van der Waals surface area contributed by atoms with E-state index in [1.54, 1.807) is 36.4 Å². The molecule has 2 rings (SSSR count). The van der Waals surface area contributed by atoms with E-state index in [1.807, 2.05) is 0 Å². The first kappa shape index (κ1) is 19.9. The lowest BCUT2D eigenvalue weighted by Crippen LogP contribution is -2.17. The van der Waals surface area contributed by atoms with Crippen LogP contribution in [0.4, 0.5) is 0 Å². The molecule has 0 saturated heterocycles. The minimum absolute atomic E-state index is 0.0178. The molecule has 8 heteroatoms. The Morgan fingerprint density at radius 2 is 1.62 bits per heavy atom. The Labute approximate surface area is 161 Å². The van der Waals surface area contributed by atoms with Crippen molar-refractivity contribution >= 4 is 35.0 Å². The van der Waals surface area contributed by atoms with Gasteiger partial charge in [0.25, 0.3) is 0 Å². The van der Waals surface area contributed by atoms with Crippen LogP contribution in [0.25, 0.3) is 0 Å². The highest BCUT2D eigenvalue weighted by atomic mass is 35.5. The molecule has 6 nitrogen and oxygen atoms in total. The Hall–Kier alpha value is -2.44. The monoisotopic (exact) mass is 396 g/mol. The number of hydrogen-bond acceptors (Lipinski definition) is 5. The van der Waals surface area contributed by atoms with Gasteiger partial charge >= 0.3 is 5.97 Å². The lowest BCUT2D eigenvalue weighted by Gasteiger charge is -2.08. The van der Waals surface area contributed by atoms with Crippen LogP contribution in [0.5, 0.6) is 11.5 Å². The van der Waals surface area contributed by atoms with Crippen molar-refractivity contribution in [2.45, 2.75) is 12.8 Å². The van der Waals surface area contributed by atoms with Crippen molar-refractivity contribution in [3.8, 4) is 11.5 Å². The van der Waals surface area contributed by atoms with Gasteiger partial charge in [-0.25, -0.2) is 4.79 Å². The first-order chi connectivity index (χ1) is 12.4. The van der Waals surface area contributed by atoms with Crippen LogP contribution in [0.3, 0.4) is 0 Å². The van der Waals surface area contributed by atoms with Crippen LogP contribution in [0.2, 0.25) is 10.0 Å². The van der Waals surface area contributed by atoms with Gasteiger partial charge in [0.2, 0.25) is 0 Å². The molecule has 138 valence electrons. The highest BCUT2D eigenvalue weighted by molar-refractivity contribution is 6.42. The first-order valence-corrected chi connectivity index (χ1v) is 8.35. The predicted molar refractivity (Wildman–Crippen MR) is 101 cm³/mol. The van der Waals surface area contributed by atoms with Crippen molar-refractivity contribution in [3.05, 3.63) is 57.6 Å². The number of nitrogens with zero attached hydrogens (tertiary/aromatic N) is 1. The molecular weight excluding hydrogens is 379 g/mol. The summed E-state index contributed by atoms with van der Waals surface area (Å²) in [5, 5.41) is 4.53. The van der Waals surface area contributed by atoms with Gasteiger partial charge < -0.3 is 20.0 Å². The fourth-order valence-electron chi connectivity index (χ4n) is 2.19. The molecule has 0 aliphatic carbocycles. The molecule has 0 aromatic heterocycles. The van der Waals surface area contributed by atoms with Crippen LogP contribution in [0.15, 0.2) is 41.6 Å². The quantitative estimate of drug-likeness (QED) is 0.334. The van der Waals surface area contributed by atoms with E-state index in [9.17, 15) is 4.79 Å². The standard InChI is InChI=1S/C18H18Cl2N2O4/c1-24-15-6-4-12(8-16(15)25-2)10-18(23)26-22-17(21)9-11-3-5-13(19)14(20)7-11/h3-8H,9-10H2,1-2H3,(H2,21,22). The van der Waals surface area contributed by atoms with Gasteiger partial charge in [-0.15, -0.1) is 0 Å². The summed E-state index contributed by atoms with van der Waals surface area (Å²) in [7, 11) is 3.06. The van der Waals surface area contributed by atoms with E-state index in [1.165, 1.54) is 14.2 Å². The molecule has 26 heavy (non-hydrogen) atoms. The van der Waals surface area contributed by atoms with Crippen LogP contribution >= 0.6 is 23.2 Å². The van der Waals surface area contributed by atoms with Gasteiger partial charge in [-0.2, -0.15) is 0 Å². The summed E-state index contributed by atoms with van der Waals surface area (Å²) in [5.41, 5.74) is 7.28. The van der Waals surface area contributed by atoms with Crippen LogP contribution in [-0.4, -0.2) is 26.0 Å². The number of carbonyl (C=O) groups is 1. The number of methoxy groups -OCH3 is 2. The lowest BCUT2D eigenvalue weighted by atomic mass is 10.1. The second-order valence-electron chi connectivity index (χ2n) is 5.34. The summed E-state index contributed by atoms with van der Waals surface area (Å²) < 4.78 is 10.3. The summed E-state index contributed by atoms with van der Waals surface area (Å²) in [5.74, 6) is 0.701. The summed E-state index contributed by atoms with van der Waals surface area (Å²) in [6.07, 6.45) is 0.296. The van der Waals surface area contributed by atoms with E-state index in [0.717, 1.165) is 5.56 Å². The Morgan fingerprint density at radius 3 is 2.27 bits per heavy atom. The SMILES string of the molecule is COc1ccc(CC(=O)ON=C(N)Cc2ccc(Cl)c(Cl)c2)cc1OC. The van der Waals surface area contributed by atoms with Gasteiger partial charge in [0.1, 0.15) is 5.84 Å². The van der Waals surface area contributed by atoms with Crippen LogP contribution in [-0.2, 0) is 22.5 Å². The summed E-state index contributed by atoms with van der Waals surface area (Å²) in [6.45, 7) is 0. The fourth-order valence-corrected chi connectivity index (χ4v) is 2.51. The first-order valence-electron chi connectivity index (χ1n) is 7.60. The van der Waals surface area contributed by atoms with Gasteiger partial charge in [-0.05, 0) is 35.4 Å². The average Bonchev–Trinajstić information content (AvgIpc) is 2.63. The molecule has 0 atom stereocenters. The van der Waals surface area contributed by atoms with Gasteiger partial charge in [-0.3, -0.25) is 0 Å². The van der Waals surface area contributed by atoms with Gasteiger partial charge in [0.05, 0.1) is 30.7 Å². The normalized spacial score (nSPS) is 11.2. The zero-order valence-electron chi connectivity index (χ0n) is 14.3. The van der Waals surface area contributed by atoms with Gasteiger partial charge in [0.15, 0.2) is 11.5 Å². The number of ether oxygens (including phenoxy) is 2. The van der Waals surface area contributed by atoms with Gasteiger partial charge in [-0.1, -0.05) is 40.5 Å². The molecule has 0 amide bonds. The van der Waals surface area contributed by atoms with E-state index >= 15 is 0 Å². The molecule has 0 heterocycles. The van der Waals surface area contributed by atoms with Crippen molar-refractivity contribution in [2.24, 2.45) is 10.9 Å². The minimum atomic E-state index is -0.547. The maximum atomic E-state index is 11.9. The number of rotatable bonds is 7. The number of amidine groups is 1. The minimum Gasteiger partial charge on any atom is -0.493 e. The third-order valence-corrected chi connectivity index (χ3v) is 4.17. The number of oxime groups is 1. The van der Waals surface area contributed by atoms with Crippen LogP contribution in [0, 0.1) is 0 Å². The lowest BCUT2D eigenvalue weighted by molar-refractivity contribution is -0.142. The fraction of sp³-hybridized carbons (Fsp3) is 0.222. The predicted octanol–water partition coefficient (Wildman–Crippen LogP) is 3.61. The van der Waals surface area contributed by atoms with E-state index in [-0.39, 0.29) is 18.7 Å². The second kappa shape index (κ2) is 9.31. The van der Waals surface area contributed by atoms with Crippen molar-refractivity contribution in [3.63, 3.8) is 0 Å². The van der Waals surface area contributed by atoms with Crippen LogP contribution in [0.1, 0.15) is 11.1 Å². The maximum Gasteiger partial charge on any atom is 0.339 e. The maximum absolute atomic E-state index is 11.9. The van der Waals surface area contributed by atoms with E-state index in [0.29, 0.717) is 27.1 Å². The molecule has 2 N–H and O–H groups in total. The van der Waals surface area contributed by atoms with Crippen LogP contribution < -0.4 is 15.2 Å². The third kappa shape index (κ3) is 5.54. The summed E-state index contributed by atoms with van der Waals surface area (Å²) in [6, 6.07) is 10.3. The third-order valence-electron chi connectivity index (χ3n) is 3.43. The molecule has 0 radical (unpaired) electrons. The van der Waals surface area contributed by atoms with Crippen molar-refractivity contribution in [2.75, 3.05) is 14.2 Å². The van der Waals surface area contributed by atoms with Crippen molar-refractivity contribution in [1.82, 2.24) is 0 Å². The Kier molecular flexibility index (Phi) is 7.12. The molecule has 0 fully saturated rings. The Bertz CT molecular complexity index is 825. The molecule has 2 aromatic carbocycles. The average molecular weight is 397 g/mol. The molecule has 0 spiro atoms. The zero-order valence-corrected chi connectivity index (χ0v) is 15.8. The molecule has 2 aromatic rings. The number of hydrogen-bond donors (Lipinski definition) is 1. The number of benzene rings is 2. The Balaban J connectivity index is 1.94. The van der Waals surface area contributed by atoms with E-state index in [4.69, 9.17) is 43.2 Å². The summed E-state index contributed by atoms with van der Waals surface area (Å²) >= 11 is 11.8. The molecule has 0 unspecified atom stereocenters. The Morgan fingerprint density at radius 1 is 0.962 bits per heavy atom. The molecule has 0 aliphatic rings. The molecule has 0 saturated carbocycles. The number of nitrogens with two attached hydrogens (primary N) is 1. The largest absolute Gasteiger partial charge is 0.493 e. The molecule has 0 bridgehead atoms. The van der Waals surface area contributed by atoms with Gasteiger partial charge in [0, 0.05) is 6.42 Å². The topological polar surface area (TPSA) is 83.1 Å². The highest BCUT2D eigenvalue weighted by Gasteiger charge is 2.10. The zero-order chi connectivity index (χ0) is 19.1. The molecule has 0 aliphatic heterocycles. The van der Waals surface area contributed by atoms with E-state index < -0.39 is 5.97 Å². The highest BCUT2D eigenvalue weighted by Crippen LogP contribution is 2.27. The second-order valence-corrected chi connectivity index (χ2v) is 6.15. The van der Waals surface area contributed by atoms with Crippen molar-refractivity contribution < 1.29 is 19.1 Å². The van der Waals surface area contributed by atoms with E-state index in [2.05, 4.69) is 5.16 Å². The van der Waals surface area contributed by atoms with Crippen molar-refractivity contribution in [1.29, 1.82) is 0 Å². The molecular formula is C18H18Cl2N2O4. The number of carbonyl (C=O) groups excluding carboxylic acids is 1. The smallest absolute Gasteiger partial charge is 0.339 e. The number of halogens is 2.